The van der Waals surface area contributed by atoms with Crippen LogP contribution in [0, 0.1) is 5.92 Å². The third-order valence-corrected chi connectivity index (χ3v) is 4.73. The fourth-order valence-corrected chi connectivity index (χ4v) is 3.39. The van der Waals surface area contributed by atoms with Gasteiger partial charge in [-0.15, -0.1) is 0 Å². The van der Waals surface area contributed by atoms with Gasteiger partial charge in [-0.25, -0.2) is 0 Å². The topological polar surface area (TPSA) is 55.8 Å². The van der Waals surface area contributed by atoms with Crippen LogP contribution in [0.2, 0.25) is 0 Å². The molecule has 2 aliphatic heterocycles. The van der Waals surface area contributed by atoms with E-state index in [1.807, 2.05) is 18.7 Å². The molecule has 5 nitrogen and oxygen atoms in total. The van der Waals surface area contributed by atoms with E-state index in [-0.39, 0.29) is 18.1 Å². The SMILES string of the molecule is C[C@H](NCC1CCN(C[C@@H](C)O)CC1)C(=O)N1CCCC1. The Labute approximate surface area is 128 Å². The summed E-state index contributed by atoms with van der Waals surface area (Å²) in [7, 11) is 0. The quantitative estimate of drug-likeness (QED) is 0.757. The Balaban J connectivity index is 1.63. The highest BCUT2D eigenvalue weighted by molar-refractivity contribution is 5.81. The molecule has 0 aromatic rings. The molecular formula is C16H31N3O2. The number of hydrogen-bond acceptors (Lipinski definition) is 4. The third kappa shape index (κ3) is 5.24. The highest BCUT2D eigenvalue weighted by atomic mass is 16.3. The summed E-state index contributed by atoms with van der Waals surface area (Å²) in [5.41, 5.74) is 0. The van der Waals surface area contributed by atoms with Crippen molar-refractivity contribution in [2.24, 2.45) is 5.92 Å². The van der Waals surface area contributed by atoms with Gasteiger partial charge in [0.15, 0.2) is 0 Å². The number of aliphatic hydroxyl groups excluding tert-OH is 1. The first-order valence-electron chi connectivity index (χ1n) is 8.49. The number of β-amino-alcohol motifs (C(OH)–C–C–N with tert-alkyl or cyclic N) is 1. The molecule has 2 rings (SSSR count). The number of rotatable bonds is 6. The molecule has 2 atom stereocenters. The number of hydrogen-bond donors (Lipinski definition) is 2. The van der Waals surface area contributed by atoms with Gasteiger partial charge in [-0.2, -0.15) is 0 Å². The van der Waals surface area contributed by atoms with Crippen molar-refractivity contribution >= 4 is 5.91 Å². The predicted octanol–water partition coefficient (Wildman–Crippen LogP) is 0.680. The molecule has 1 amide bonds. The van der Waals surface area contributed by atoms with Gasteiger partial charge < -0.3 is 20.2 Å². The molecule has 0 aliphatic carbocycles. The van der Waals surface area contributed by atoms with Crippen molar-refractivity contribution in [2.75, 3.05) is 39.3 Å². The average molecular weight is 297 g/mol. The Morgan fingerprint density at radius 3 is 2.38 bits per heavy atom. The number of carbonyl (C=O) groups is 1. The average Bonchev–Trinajstić information content (AvgIpc) is 2.99. The standard InChI is InChI=1S/C16H31N3O2/c1-13(20)12-18-9-5-15(6-10-18)11-17-14(2)16(21)19-7-3-4-8-19/h13-15,17,20H,3-12H2,1-2H3/t13-,14+/m1/s1. The second-order valence-electron chi connectivity index (χ2n) is 6.76. The third-order valence-electron chi connectivity index (χ3n) is 4.73. The van der Waals surface area contributed by atoms with Crippen molar-refractivity contribution in [3.63, 3.8) is 0 Å². The number of likely N-dealkylation sites (tertiary alicyclic amines) is 2. The minimum atomic E-state index is -0.238. The van der Waals surface area contributed by atoms with Crippen LogP contribution in [0.25, 0.3) is 0 Å². The molecule has 21 heavy (non-hydrogen) atoms. The van der Waals surface area contributed by atoms with Gasteiger partial charge in [0.25, 0.3) is 0 Å². The smallest absolute Gasteiger partial charge is 0.239 e. The van der Waals surface area contributed by atoms with Crippen LogP contribution < -0.4 is 5.32 Å². The summed E-state index contributed by atoms with van der Waals surface area (Å²) in [5, 5.41) is 12.8. The van der Waals surface area contributed by atoms with Crippen LogP contribution >= 0.6 is 0 Å². The first-order valence-corrected chi connectivity index (χ1v) is 8.49. The zero-order chi connectivity index (χ0) is 15.2. The van der Waals surface area contributed by atoms with E-state index < -0.39 is 0 Å². The van der Waals surface area contributed by atoms with Crippen LogP contribution in [-0.4, -0.2) is 72.2 Å². The van der Waals surface area contributed by atoms with Gasteiger partial charge in [-0.1, -0.05) is 0 Å². The lowest BCUT2D eigenvalue weighted by molar-refractivity contribution is -0.132. The first-order chi connectivity index (χ1) is 10.1. The molecule has 0 spiro atoms. The predicted molar refractivity (Wildman–Crippen MR) is 84.1 cm³/mol. The van der Waals surface area contributed by atoms with E-state index in [0.717, 1.165) is 65.0 Å². The molecule has 2 fully saturated rings. The Kier molecular flexibility index (Phi) is 6.45. The van der Waals surface area contributed by atoms with Gasteiger partial charge in [-0.05, 0) is 65.1 Å². The molecule has 2 heterocycles. The van der Waals surface area contributed by atoms with E-state index in [4.69, 9.17) is 0 Å². The second-order valence-corrected chi connectivity index (χ2v) is 6.76. The zero-order valence-electron chi connectivity index (χ0n) is 13.6. The lowest BCUT2D eigenvalue weighted by Crippen LogP contribution is -2.46. The van der Waals surface area contributed by atoms with E-state index >= 15 is 0 Å². The van der Waals surface area contributed by atoms with E-state index in [2.05, 4.69) is 10.2 Å². The minimum absolute atomic E-state index is 0.0569. The Morgan fingerprint density at radius 2 is 1.81 bits per heavy atom. The second kappa shape index (κ2) is 8.11. The van der Waals surface area contributed by atoms with Gasteiger partial charge in [0, 0.05) is 19.6 Å². The highest BCUT2D eigenvalue weighted by Gasteiger charge is 2.25. The molecule has 0 aromatic heterocycles. The van der Waals surface area contributed by atoms with Gasteiger partial charge in [0.2, 0.25) is 5.91 Å². The zero-order valence-corrected chi connectivity index (χ0v) is 13.6. The number of nitrogens with zero attached hydrogens (tertiary/aromatic N) is 2. The summed E-state index contributed by atoms with van der Waals surface area (Å²) in [6.45, 7) is 9.54. The summed E-state index contributed by atoms with van der Waals surface area (Å²) < 4.78 is 0. The Hall–Kier alpha value is -0.650. The summed E-state index contributed by atoms with van der Waals surface area (Å²) in [5.74, 6) is 0.920. The van der Waals surface area contributed by atoms with Crippen LogP contribution in [0.5, 0.6) is 0 Å². The van der Waals surface area contributed by atoms with Crippen LogP contribution in [0.3, 0.4) is 0 Å². The summed E-state index contributed by atoms with van der Waals surface area (Å²) >= 11 is 0. The van der Waals surface area contributed by atoms with E-state index in [1.165, 1.54) is 0 Å². The maximum atomic E-state index is 12.2. The summed E-state index contributed by atoms with van der Waals surface area (Å²) in [6, 6.07) is -0.0569. The lowest BCUT2D eigenvalue weighted by atomic mass is 9.96. The molecule has 5 heteroatoms. The molecule has 0 saturated carbocycles. The molecular weight excluding hydrogens is 266 g/mol. The Morgan fingerprint density at radius 1 is 1.19 bits per heavy atom. The highest BCUT2D eigenvalue weighted by Crippen LogP contribution is 2.17. The van der Waals surface area contributed by atoms with Crippen molar-refractivity contribution in [3.05, 3.63) is 0 Å². The van der Waals surface area contributed by atoms with E-state index in [0.29, 0.717) is 5.92 Å². The number of piperidine rings is 1. The molecule has 0 aromatic carbocycles. The van der Waals surface area contributed by atoms with Crippen LogP contribution in [0.15, 0.2) is 0 Å². The van der Waals surface area contributed by atoms with E-state index in [9.17, 15) is 9.90 Å². The number of carbonyl (C=O) groups excluding carboxylic acids is 1. The van der Waals surface area contributed by atoms with Gasteiger partial charge in [0.1, 0.15) is 0 Å². The fourth-order valence-electron chi connectivity index (χ4n) is 3.39. The van der Waals surface area contributed by atoms with Crippen molar-refractivity contribution in [1.82, 2.24) is 15.1 Å². The fraction of sp³-hybridized carbons (Fsp3) is 0.938. The van der Waals surface area contributed by atoms with Gasteiger partial charge in [-0.3, -0.25) is 4.79 Å². The van der Waals surface area contributed by atoms with Crippen LogP contribution in [0.4, 0.5) is 0 Å². The maximum Gasteiger partial charge on any atom is 0.239 e. The van der Waals surface area contributed by atoms with Crippen molar-refractivity contribution in [2.45, 2.75) is 51.7 Å². The number of nitrogens with one attached hydrogen (secondary N) is 1. The van der Waals surface area contributed by atoms with Gasteiger partial charge in [0.05, 0.1) is 12.1 Å². The first kappa shape index (κ1) is 16.7. The van der Waals surface area contributed by atoms with Crippen molar-refractivity contribution in [1.29, 1.82) is 0 Å². The molecule has 2 saturated heterocycles. The number of amides is 1. The van der Waals surface area contributed by atoms with Crippen molar-refractivity contribution in [3.8, 4) is 0 Å². The molecule has 0 unspecified atom stereocenters. The monoisotopic (exact) mass is 297 g/mol. The lowest BCUT2D eigenvalue weighted by Gasteiger charge is -2.33. The summed E-state index contributed by atoms with van der Waals surface area (Å²) in [4.78, 5) is 16.5. The molecule has 0 bridgehead atoms. The summed E-state index contributed by atoms with van der Waals surface area (Å²) in [6.07, 6.45) is 4.38. The largest absolute Gasteiger partial charge is 0.392 e. The number of aliphatic hydroxyl groups is 1. The van der Waals surface area contributed by atoms with Gasteiger partial charge >= 0.3 is 0 Å². The minimum Gasteiger partial charge on any atom is -0.392 e. The normalized spacial score (nSPS) is 24.2. The molecule has 0 radical (unpaired) electrons. The molecule has 2 N–H and O–H groups in total. The maximum absolute atomic E-state index is 12.2. The Bertz CT molecular complexity index is 321. The molecule has 2 aliphatic rings. The van der Waals surface area contributed by atoms with Crippen LogP contribution in [0.1, 0.15) is 39.5 Å². The molecule has 122 valence electrons. The van der Waals surface area contributed by atoms with E-state index in [1.54, 1.807) is 0 Å². The van der Waals surface area contributed by atoms with Crippen LogP contribution in [-0.2, 0) is 4.79 Å². The van der Waals surface area contributed by atoms with Crippen molar-refractivity contribution < 1.29 is 9.90 Å².